The number of carbonyl (C=O) groups is 1. The van der Waals surface area contributed by atoms with Crippen LogP contribution in [0.5, 0.6) is 5.75 Å². The number of fused-ring (bicyclic) bond motifs is 1. The number of hydrogen-bond acceptors (Lipinski definition) is 6. The molecule has 0 bridgehead atoms. The molecule has 0 saturated heterocycles. The highest BCUT2D eigenvalue weighted by atomic mass is 19.1. The molecular formula is C24H29F2N5O3. The summed E-state index contributed by atoms with van der Waals surface area (Å²) in [6.45, 7) is 5.27. The van der Waals surface area contributed by atoms with E-state index in [9.17, 15) is 13.6 Å². The van der Waals surface area contributed by atoms with Crippen molar-refractivity contribution in [3.05, 3.63) is 48.5 Å². The van der Waals surface area contributed by atoms with Crippen LogP contribution in [0.15, 0.2) is 42.7 Å². The fourth-order valence-corrected chi connectivity index (χ4v) is 3.00. The Balaban J connectivity index is 1.66. The molecule has 0 fully saturated rings. The van der Waals surface area contributed by atoms with E-state index in [-0.39, 0.29) is 31.1 Å². The average Bonchev–Trinajstić information content (AvgIpc) is 2.77. The molecule has 1 aromatic heterocycles. The minimum absolute atomic E-state index is 0.132. The Hall–Kier alpha value is -3.53. The first-order valence-electron chi connectivity index (χ1n) is 10.9. The maximum absolute atomic E-state index is 14.9. The summed E-state index contributed by atoms with van der Waals surface area (Å²) in [5.74, 6) is 0.126. The number of hydrogen-bond donors (Lipinski definition) is 3. The number of anilines is 3. The van der Waals surface area contributed by atoms with Crippen LogP contribution in [0, 0.1) is 5.82 Å². The van der Waals surface area contributed by atoms with Gasteiger partial charge in [-0.2, -0.15) is 0 Å². The van der Waals surface area contributed by atoms with Gasteiger partial charge in [0.15, 0.2) is 0 Å². The summed E-state index contributed by atoms with van der Waals surface area (Å²) in [7, 11) is 1.58. The molecule has 0 radical (unpaired) electrons. The molecule has 8 nitrogen and oxygen atoms in total. The largest absolute Gasteiger partial charge is 0.491 e. The maximum Gasteiger partial charge on any atom is 0.319 e. The lowest BCUT2D eigenvalue weighted by molar-refractivity contribution is 0.0716. The number of amides is 2. The molecule has 3 N–H and O–H groups in total. The highest BCUT2D eigenvalue weighted by Gasteiger charge is 2.15. The van der Waals surface area contributed by atoms with Crippen LogP contribution in [-0.4, -0.2) is 48.0 Å². The van der Waals surface area contributed by atoms with E-state index in [0.717, 1.165) is 0 Å². The predicted molar refractivity (Wildman–Crippen MR) is 128 cm³/mol. The molecule has 182 valence electrons. The first-order valence-corrected chi connectivity index (χ1v) is 10.9. The van der Waals surface area contributed by atoms with E-state index in [0.29, 0.717) is 28.5 Å². The van der Waals surface area contributed by atoms with E-state index in [1.165, 1.54) is 26.2 Å². The van der Waals surface area contributed by atoms with Crippen molar-refractivity contribution in [2.75, 3.05) is 30.9 Å². The number of benzene rings is 2. The van der Waals surface area contributed by atoms with Gasteiger partial charge < -0.3 is 25.4 Å². The smallest absolute Gasteiger partial charge is 0.319 e. The minimum atomic E-state index is -1.34. The summed E-state index contributed by atoms with van der Waals surface area (Å²) in [5.41, 5.74) is 0.235. The highest BCUT2D eigenvalue weighted by Crippen LogP contribution is 2.29. The lowest BCUT2D eigenvalue weighted by atomic mass is 10.1. The maximum atomic E-state index is 14.9. The summed E-state index contributed by atoms with van der Waals surface area (Å²) in [4.78, 5) is 20.3. The second-order valence-electron chi connectivity index (χ2n) is 8.43. The van der Waals surface area contributed by atoms with Crippen LogP contribution in [0.2, 0.25) is 0 Å². The van der Waals surface area contributed by atoms with E-state index in [4.69, 9.17) is 9.47 Å². The van der Waals surface area contributed by atoms with Crippen LogP contribution in [-0.2, 0) is 4.74 Å². The van der Waals surface area contributed by atoms with E-state index in [1.54, 1.807) is 37.4 Å². The Bertz CT molecular complexity index is 1120. The van der Waals surface area contributed by atoms with Gasteiger partial charge in [0.1, 0.15) is 36.0 Å². The standard InChI is InChI=1S/C24H29F2N5O3/c1-15(33-4)13-34-18-11-19(25)21-20(12-18)28-14-29-22(21)30-16-5-7-17(8-6-16)31-23(32)27-10-9-24(2,3)26/h5-8,11-12,14-15H,9-10,13H2,1-4H3,(H2,27,31,32)(H,28,29,30). The van der Waals surface area contributed by atoms with Gasteiger partial charge in [-0.25, -0.2) is 23.5 Å². The highest BCUT2D eigenvalue weighted by molar-refractivity contribution is 5.92. The molecule has 0 aliphatic rings. The van der Waals surface area contributed by atoms with Gasteiger partial charge in [-0.05, 0) is 51.5 Å². The zero-order chi connectivity index (χ0) is 24.7. The lowest BCUT2D eigenvalue weighted by Gasteiger charge is -2.15. The Morgan fingerprint density at radius 2 is 1.85 bits per heavy atom. The molecule has 34 heavy (non-hydrogen) atoms. The molecule has 0 aliphatic carbocycles. The number of nitrogens with one attached hydrogen (secondary N) is 3. The lowest BCUT2D eigenvalue weighted by Crippen LogP contribution is -2.32. The second kappa shape index (κ2) is 11.1. The number of methoxy groups -OCH3 is 1. The Morgan fingerprint density at radius 3 is 2.53 bits per heavy atom. The molecular weight excluding hydrogens is 444 g/mol. The van der Waals surface area contributed by atoms with Crippen molar-refractivity contribution in [1.82, 2.24) is 15.3 Å². The molecule has 1 heterocycles. The monoisotopic (exact) mass is 473 g/mol. The predicted octanol–water partition coefficient (Wildman–Crippen LogP) is 5.19. The van der Waals surface area contributed by atoms with Crippen LogP contribution >= 0.6 is 0 Å². The molecule has 3 aromatic rings. The SMILES string of the molecule is COC(C)COc1cc(F)c2c(Nc3ccc(NC(=O)NCCC(C)(C)F)cc3)ncnc2c1. The van der Waals surface area contributed by atoms with Crippen molar-refractivity contribution in [1.29, 1.82) is 0 Å². The normalized spacial score (nSPS) is 12.3. The number of ether oxygens (including phenoxy) is 2. The third-order valence-corrected chi connectivity index (χ3v) is 4.96. The van der Waals surface area contributed by atoms with Crippen molar-refractivity contribution < 1.29 is 23.0 Å². The van der Waals surface area contributed by atoms with Crippen LogP contribution in [0.25, 0.3) is 10.9 Å². The number of aromatic nitrogens is 2. The second-order valence-corrected chi connectivity index (χ2v) is 8.43. The summed E-state index contributed by atoms with van der Waals surface area (Å²) in [5, 5.41) is 8.59. The van der Waals surface area contributed by atoms with E-state index in [2.05, 4.69) is 25.9 Å². The number of carbonyl (C=O) groups excluding carboxylic acids is 1. The van der Waals surface area contributed by atoms with Gasteiger partial charge in [0.05, 0.1) is 17.0 Å². The fraction of sp³-hybridized carbons (Fsp3) is 0.375. The van der Waals surface area contributed by atoms with Gasteiger partial charge in [-0.3, -0.25) is 0 Å². The van der Waals surface area contributed by atoms with Gasteiger partial charge in [0.2, 0.25) is 0 Å². The van der Waals surface area contributed by atoms with Crippen molar-refractivity contribution in [2.24, 2.45) is 0 Å². The van der Waals surface area contributed by atoms with Crippen LogP contribution in [0.4, 0.5) is 30.8 Å². The molecule has 3 rings (SSSR count). The van der Waals surface area contributed by atoms with Crippen molar-refractivity contribution in [3.8, 4) is 5.75 Å². The Labute approximate surface area is 197 Å². The Morgan fingerprint density at radius 1 is 1.15 bits per heavy atom. The van der Waals surface area contributed by atoms with Gasteiger partial charge in [0.25, 0.3) is 0 Å². The van der Waals surface area contributed by atoms with Gasteiger partial charge >= 0.3 is 6.03 Å². The average molecular weight is 474 g/mol. The number of alkyl halides is 1. The summed E-state index contributed by atoms with van der Waals surface area (Å²) in [6, 6.07) is 9.31. The first kappa shape index (κ1) is 25.1. The summed E-state index contributed by atoms with van der Waals surface area (Å²) >= 11 is 0. The summed E-state index contributed by atoms with van der Waals surface area (Å²) in [6.07, 6.45) is 1.42. The number of urea groups is 1. The van der Waals surface area contributed by atoms with Crippen LogP contribution in [0.3, 0.4) is 0 Å². The molecule has 0 spiro atoms. The first-order chi connectivity index (χ1) is 16.1. The zero-order valence-corrected chi connectivity index (χ0v) is 19.6. The molecule has 2 aromatic carbocycles. The third kappa shape index (κ3) is 7.24. The van der Waals surface area contributed by atoms with Gasteiger partial charge in [-0.1, -0.05) is 0 Å². The van der Waals surface area contributed by atoms with E-state index in [1.807, 2.05) is 6.92 Å². The molecule has 0 aliphatic heterocycles. The topological polar surface area (TPSA) is 97.4 Å². The van der Waals surface area contributed by atoms with Crippen LogP contribution in [0.1, 0.15) is 27.2 Å². The molecule has 1 unspecified atom stereocenters. The third-order valence-electron chi connectivity index (χ3n) is 4.96. The molecule has 10 heteroatoms. The Kier molecular flexibility index (Phi) is 8.17. The molecule has 0 saturated carbocycles. The van der Waals surface area contributed by atoms with E-state index < -0.39 is 17.5 Å². The number of rotatable bonds is 10. The van der Waals surface area contributed by atoms with E-state index >= 15 is 0 Å². The summed E-state index contributed by atoms with van der Waals surface area (Å²) < 4.78 is 39.1. The van der Waals surface area contributed by atoms with Crippen molar-refractivity contribution >= 4 is 34.1 Å². The van der Waals surface area contributed by atoms with Crippen LogP contribution < -0.4 is 20.7 Å². The quantitative estimate of drug-likeness (QED) is 0.375. The molecule has 2 amide bonds. The van der Waals surface area contributed by atoms with Crippen molar-refractivity contribution in [3.63, 3.8) is 0 Å². The number of halogens is 2. The van der Waals surface area contributed by atoms with Gasteiger partial charge in [-0.15, -0.1) is 0 Å². The molecule has 1 atom stereocenters. The van der Waals surface area contributed by atoms with Crippen molar-refractivity contribution in [2.45, 2.75) is 39.0 Å². The fourth-order valence-electron chi connectivity index (χ4n) is 3.00. The minimum Gasteiger partial charge on any atom is -0.491 e. The number of nitrogens with zero attached hydrogens (tertiary/aromatic N) is 2. The zero-order valence-electron chi connectivity index (χ0n) is 19.6. The van der Waals surface area contributed by atoms with Gasteiger partial charge in [0, 0.05) is 37.2 Å².